The zero-order chi connectivity index (χ0) is 26.5. The maximum atomic E-state index is 13.2. The third-order valence-electron chi connectivity index (χ3n) is 6.07. The van der Waals surface area contributed by atoms with Crippen molar-refractivity contribution in [2.75, 3.05) is 20.3 Å². The van der Waals surface area contributed by atoms with E-state index in [-0.39, 0.29) is 28.5 Å². The Morgan fingerprint density at radius 1 is 1.11 bits per heavy atom. The summed E-state index contributed by atoms with van der Waals surface area (Å²) >= 11 is 6.31. The van der Waals surface area contributed by atoms with Gasteiger partial charge in [0.05, 0.1) is 42.2 Å². The van der Waals surface area contributed by atoms with Gasteiger partial charge in [-0.3, -0.25) is 9.59 Å². The number of methoxy groups -OCH3 is 1. The molecule has 1 aliphatic rings. The lowest BCUT2D eigenvalue weighted by Crippen LogP contribution is -2.31. The first-order valence-corrected chi connectivity index (χ1v) is 12.1. The number of carbonyl (C=O) groups excluding carboxylic acids is 3. The fourth-order valence-corrected chi connectivity index (χ4v) is 4.53. The Labute approximate surface area is 218 Å². The molecule has 0 saturated carbocycles. The number of carbonyl (C=O) groups is 3. The minimum atomic E-state index is -0.861. The molecule has 1 N–H and O–H groups in total. The van der Waals surface area contributed by atoms with Gasteiger partial charge in [0.1, 0.15) is 11.5 Å². The topological polar surface area (TPSA) is 111 Å². The van der Waals surface area contributed by atoms with Gasteiger partial charge in [-0.05, 0) is 49.2 Å². The van der Waals surface area contributed by atoms with Crippen molar-refractivity contribution in [2.45, 2.75) is 25.9 Å². The summed E-state index contributed by atoms with van der Waals surface area (Å²) in [5.74, 6) is -1.93. The van der Waals surface area contributed by atoms with E-state index in [4.69, 9.17) is 21.1 Å². The summed E-state index contributed by atoms with van der Waals surface area (Å²) in [6.45, 7) is 3.08. The first-order valence-electron chi connectivity index (χ1n) is 11.7. The average molecular weight is 524 g/mol. The Morgan fingerprint density at radius 3 is 2.46 bits per heavy atom. The maximum Gasteiger partial charge on any atom is 0.337 e. The van der Waals surface area contributed by atoms with Crippen molar-refractivity contribution in [1.29, 1.82) is 0 Å². The van der Waals surface area contributed by atoms with Crippen molar-refractivity contribution in [3.63, 3.8) is 0 Å². The Bertz CT molecular complexity index is 1330. The molecular formula is C27H26ClN3O6. The number of benzene rings is 2. The molecule has 2 aromatic carbocycles. The first kappa shape index (κ1) is 26.0. The van der Waals surface area contributed by atoms with E-state index in [1.807, 2.05) is 17.7 Å². The predicted octanol–water partition coefficient (Wildman–Crippen LogP) is 4.23. The second-order valence-electron chi connectivity index (χ2n) is 8.34. The Kier molecular flexibility index (Phi) is 7.93. The molecule has 1 unspecified atom stereocenters. The molecule has 3 aromatic rings. The third kappa shape index (κ3) is 5.36. The van der Waals surface area contributed by atoms with Crippen LogP contribution in [0, 0.1) is 0 Å². The number of ketones is 1. The molecule has 0 aliphatic carbocycles. The van der Waals surface area contributed by atoms with Gasteiger partial charge in [-0.15, -0.1) is 0 Å². The van der Waals surface area contributed by atoms with Gasteiger partial charge in [0.25, 0.3) is 11.7 Å². The van der Waals surface area contributed by atoms with Crippen LogP contribution in [0.25, 0.3) is 5.76 Å². The summed E-state index contributed by atoms with van der Waals surface area (Å²) in [5.41, 5.74) is 1.11. The third-order valence-corrected chi connectivity index (χ3v) is 6.36. The predicted molar refractivity (Wildman–Crippen MR) is 136 cm³/mol. The molecule has 0 radical (unpaired) electrons. The van der Waals surface area contributed by atoms with Gasteiger partial charge in [-0.1, -0.05) is 23.7 Å². The van der Waals surface area contributed by atoms with Crippen LogP contribution in [0.3, 0.4) is 0 Å². The van der Waals surface area contributed by atoms with Crippen molar-refractivity contribution >= 4 is 35.0 Å². The number of halogens is 1. The highest BCUT2D eigenvalue weighted by atomic mass is 35.5. The molecule has 1 aromatic heterocycles. The van der Waals surface area contributed by atoms with E-state index < -0.39 is 23.7 Å². The number of aliphatic hydroxyl groups is 1. The quantitative estimate of drug-likeness (QED) is 0.193. The number of hydrogen-bond acceptors (Lipinski definition) is 7. The van der Waals surface area contributed by atoms with E-state index in [0.29, 0.717) is 36.4 Å². The van der Waals surface area contributed by atoms with E-state index in [0.717, 1.165) is 0 Å². The Morgan fingerprint density at radius 2 is 1.84 bits per heavy atom. The molecule has 4 rings (SSSR count). The lowest BCUT2D eigenvalue weighted by molar-refractivity contribution is -0.139. The molecule has 10 heteroatoms. The number of hydrogen-bond donors (Lipinski definition) is 1. The number of nitrogens with zero attached hydrogens (tertiary/aromatic N) is 3. The van der Waals surface area contributed by atoms with E-state index in [1.54, 1.807) is 48.9 Å². The molecule has 1 aliphatic heterocycles. The number of aromatic nitrogens is 2. The van der Waals surface area contributed by atoms with Crippen LogP contribution in [0.1, 0.15) is 40.9 Å². The highest BCUT2D eigenvalue weighted by Crippen LogP contribution is 2.40. The molecule has 1 amide bonds. The molecule has 1 atom stereocenters. The molecule has 37 heavy (non-hydrogen) atoms. The standard InChI is InChI=1S/C27H26ClN3O6/c1-3-37-21-10-9-19(15-20(21)28)24(32)22-23(17-5-7-18(8-6-17)27(35)36-2)31(26(34)25(22)33)13-4-12-30-14-11-29-16-30/h5-11,14-16,23,32H,3-4,12-13H2,1-2H3. The zero-order valence-corrected chi connectivity index (χ0v) is 21.1. The Balaban J connectivity index is 1.74. The fraction of sp³-hybridized carbons (Fsp3) is 0.259. The van der Waals surface area contributed by atoms with Crippen molar-refractivity contribution in [1.82, 2.24) is 14.5 Å². The largest absolute Gasteiger partial charge is 0.507 e. The molecule has 2 heterocycles. The van der Waals surface area contributed by atoms with E-state index >= 15 is 0 Å². The monoisotopic (exact) mass is 523 g/mol. The minimum absolute atomic E-state index is 0.0568. The molecule has 0 spiro atoms. The second kappa shape index (κ2) is 11.3. The SMILES string of the molecule is CCOc1ccc(C(O)=C2C(=O)C(=O)N(CCCn3ccnc3)C2c2ccc(C(=O)OC)cc2)cc1Cl. The van der Waals surface area contributed by atoms with E-state index in [9.17, 15) is 19.5 Å². The summed E-state index contributed by atoms with van der Waals surface area (Å²) in [6, 6.07) is 10.2. The maximum absolute atomic E-state index is 13.2. The molecular weight excluding hydrogens is 498 g/mol. The van der Waals surface area contributed by atoms with Gasteiger partial charge in [0.2, 0.25) is 0 Å². The second-order valence-corrected chi connectivity index (χ2v) is 8.75. The van der Waals surface area contributed by atoms with Crippen LogP contribution in [0.4, 0.5) is 0 Å². The van der Waals surface area contributed by atoms with Gasteiger partial charge in [-0.25, -0.2) is 9.78 Å². The van der Waals surface area contributed by atoms with E-state index in [2.05, 4.69) is 4.98 Å². The summed E-state index contributed by atoms with van der Waals surface area (Å²) in [4.78, 5) is 43.7. The minimum Gasteiger partial charge on any atom is -0.507 e. The number of aryl methyl sites for hydroxylation is 1. The van der Waals surface area contributed by atoms with Crippen LogP contribution < -0.4 is 4.74 Å². The summed E-state index contributed by atoms with van der Waals surface area (Å²) in [7, 11) is 1.29. The number of imidazole rings is 1. The van der Waals surface area contributed by atoms with Crippen molar-refractivity contribution in [3.8, 4) is 5.75 Å². The molecule has 0 bridgehead atoms. The molecule has 9 nitrogen and oxygen atoms in total. The average Bonchev–Trinajstić information content (AvgIpc) is 3.51. The van der Waals surface area contributed by atoms with Crippen LogP contribution >= 0.6 is 11.6 Å². The molecule has 1 saturated heterocycles. The van der Waals surface area contributed by atoms with Gasteiger partial charge in [0.15, 0.2) is 0 Å². The van der Waals surface area contributed by atoms with Crippen LogP contribution in [-0.4, -0.2) is 57.5 Å². The number of Topliss-reactive ketones (excluding diaryl/α,β-unsaturated/α-hetero) is 1. The number of aliphatic hydroxyl groups excluding tert-OH is 1. The number of esters is 1. The van der Waals surface area contributed by atoms with Crippen LogP contribution in [-0.2, 0) is 20.9 Å². The van der Waals surface area contributed by atoms with Crippen molar-refractivity contribution in [2.24, 2.45) is 0 Å². The highest BCUT2D eigenvalue weighted by molar-refractivity contribution is 6.46. The van der Waals surface area contributed by atoms with Crippen LogP contribution in [0.5, 0.6) is 5.75 Å². The lowest BCUT2D eigenvalue weighted by Gasteiger charge is -2.25. The highest BCUT2D eigenvalue weighted by Gasteiger charge is 2.45. The van der Waals surface area contributed by atoms with Gasteiger partial charge in [-0.2, -0.15) is 0 Å². The van der Waals surface area contributed by atoms with Crippen LogP contribution in [0.2, 0.25) is 5.02 Å². The number of amides is 1. The number of rotatable bonds is 9. The summed E-state index contributed by atoms with van der Waals surface area (Å²) < 4.78 is 12.1. The summed E-state index contributed by atoms with van der Waals surface area (Å²) in [5, 5.41) is 11.5. The van der Waals surface area contributed by atoms with E-state index in [1.165, 1.54) is 18.1 Å². The smallest absolute Gasteiger partial charge is 0.337 e. The first-order chi connectivity index (χ1) is 17.8. The van der Waals surface area contributed by atoms with Gasteiger partial charge in [0, 0.05) is 31.0 Å². The zero-order valence-electron chi connectivity index (χ0n) is 20.4. The van der Waals surface area contributed by atoms with Gasteiger partial charge >= 0.3 is 5.97 Å². The lowest BCUT2D eigenvalue weighted by atomic mass is 9.94. The fourth-order valence-electron chi connectivity index (χ4n) is 4.30. The van der Waals surface area contributed by atoms with Crippen molar-refractivity contribution < 1.29 is 29.0 Å². The summed E-state index contributed by atoms with van der Waals surface area (Å²) in [6.07, 6.45) is 5.70. The molecule has 1 fully saturated rings. The normalized spacial score (nSPS) is 16.7. The Hall–Kier alpha value is -4.11. The van der Waals surface area contributed by atoms with Crippen LogP contribution in [0.15, 0.2) is 66.8 Å². The number of ether oxygens (including phenoxy) is 2. The molecule has 192 valence electrons. The number of likely N-dealkylation sites (tertiary alicyclic amines) is 1. The van der Waals surface area contributed by atoms with Crippen molar-refractivity contribution in [3.05, 3.63) is 88.5 Å². The van der Waals surface area contributed by atoms with Gasteiger partial charge < -0.3 is 24.0 Å².